The van der Waals surface area contributed by atoms with Gasteiger partial charge in [-0.25, -0.2) is 17.6 Å². The maximum atomic E-state index is 13.6. The average molecular weight is 588 g/mol. The third-order valence-electron chi connectivity index (χ3n) is 7.05. The lowest BCUT2D eigenvalue weighted by atomic mass is 10.0. The van der Waals surface area contributed by atoms with Crippen LogP contribution in [0.1, 0.15) is 44.7 Å². The molecule has 0 aliphatic carbocycles. The quantitative estimate of drug-likeness (QED) is 0.301. The molecule has 0 spiro atoms. The van der Waals surface area contributed by atoms with Gasteiger partial charge in [0.1, 0.15) is 11.4 Å². The summed E-state index contributed by atoms with van der Waals surface area (Å²) < 4.78 is 49.5. The number of benzene rings is 2. The molecule has 0 unspecified atom stereocenters. The molecule has 0 N–H and O–H groups in total. The predicted molar refractivity (Wildman–Crippen MR) is 148 cm³/mol. The van der Waals surface area contributed by atoms with Crippen molar-refractivity contribution in [1.29, 1.82) is 0 Å². The number of ketones is 1. The monoisotopic (exact) mass is 587 g/mol. The number of fused-ring (bicyclic) bond motifs is 1. The standard InChI is InChI=1S/C28H27ClFN3O6S/c1-17(2)33-27(35)18(16-31(28(33)36)22-9-6-20(29)7-10-22)5-11-24(34)23-4-3-13-32(23)40(37,38)26-15-19-14-21(30)8-12-25(19)39-26/h6-10,12,14-17,23H,3-5,11,13H2,1-2H3/t23-/m0/s1. The van der Waals surface area contributed by atoms with E-state index in [4.69, 9.17) is 16.0 Å². The van der Waals surface area contributed by atoms with E-state index in [1.807, 2.05) is 0 Å². The zero-order valence-electron chi connectivity index (χ0n) is 21.8. The van der Waals surface area contributed by atoms with Crippen LogP contribution < -0.4 is 11.2 Å². The lowest BCUT2D eigenvalue weighted by Crippen LogP contribution is -2.42. The summed E-state index contributed by atoms with van der Waals surface area (Å²) in [6, 6.07) is 10.2. The van der Waals surface area contributed by atoms with Gasteiger partial charge in [0.15, 0.2) is 5.78 Å². The lowest BCUT2D eigenvalue weighted by molar-refractivity contribution is -0.122. The Balaban J connectivity index is 1.41. The summed E-state index contributed by atoms with van der Waals surface area (Å²) in [5.41, 5.74) is -0.0302. The Morgan fingerprint density at radius 3 is 2.55 bits per heavy atom. The molecule has 0 radical (unpaired) electrons. The minimum atomic E-state index is -4.17. The van der Waals surface area contributed by atoms with Crippen LogP contribution in [0.15, 0.2) is 73.8 Å². The van der Waals surface area contributed by atoms with Gasteiger partial charge in [0.05, 0.1) is 11.7 Å². The number of furan rings is 1. The molecular weight excluding hydrogens is 561 g/mol. The summed E-state index contributed by atoms with van der Waals surface area (Å²) in [6.45, 7) is 3.57. The normalized spacial score (nSPS) is 16.3. The highest BCUT2D eigenvalue weighted by Gasteiger charge is 2.40. The molecule has 0 amide bonds. The Bertz CT molecular complexity index is 1830. The van der Waals surface area contributed by atoms with Crippen molar-refractivity contribution in [3.63, 3.8) is 0 Å². The van der Waals surface area contributed by atoms with Crippen molar-refractivity contribution in [3.05, 3.63) is 92.0 Å². The third-order valence-corrected chi connectivity index (χ3v) is 9.06. The number of aryl methyl sites for hydroxylation is 1. The van der Waals surface area contributed by atoms with Crippen LogP contribution in [0.25, 0.3) is 16.7 Å². The van der Waals surface area contributed by atoms with E-state index in [0.29, 0.717) is 28.9 Å². The van der Waals surface area contributed by atoms with E-state index in [1.54, 1.807) is 38.1 Å². The number of sulfonamides is 1. The smallest absolute Gasteiger partial charge is 0.335 e. The number of hydrogen-bond donors (Lipinski definition) is 0. The van der Waals surface area contributed by atoms with Crippen molar-refractivity contribution >= 4 is 38.4 Å². The Morgan fingerprint density at radius 1 is 1.12 bits per heavy atom. The molecule has 0 saturated carbocycles. The minimum absolute atomic E-state index is 0.0204. The van der Waals surface area contributed by atoms with Crippen LogP contribution in [0, 0.1) is 5.82 Å². The van der Waals surface area contributed by atoms with Crippen LogP contribution in [-0.2, 0) is 21.2 Å². The molecule has 1 atom stereocenters. The van der Waals surface area contributed by atoms with Crippen LogP contribution in [0.4, 0.5) is 4.39 Å². The molecule has 12 heteroatoms. The largest absolute Gasteiger partial charge is 0.443 e. The van der Waals surface area contributed by atoms with E-state index in [9.17, 15) is 27.2 Å². The van der Waals surface area contributed by atoms with Gasteiger partial charge < -0.3 is 4.42 Å². The lowest BCUT2D eigenvalue weighted by Gasteiger charge is -2.22. The molecule has 0 bridgehead atoms. The zero-order chi connectivity index (χ0) is 28.8. The summed E-state index contributed by atoms with van der Waals surface area (Å²) in [4.78, 5) is 39.6. The summed E-state index contributed by atoms with van der Waals surface area (Å²) in [7, 11) is -4.17. The second kappa shape index (κ2) is 10.8. The Hall–Kier alpha value is -3.54. The second-order valence-corrected chi connectivity index (χ2v) is 12.3. The maximum absolute atomic E-state index is 13.6. The Morgan fingerprint density at radius 2 is 1.85 bits per heavy atom. The topological polar surface area (TPSA) is 112 Å². The molecular formula is C28H27ClFN3O6S. The van der Waals surface area contributed by atoms with Gasteiger partial charge in [-0.2, -0.15) is 4.31 Å². The molecule has 1 saturated heterocycles. The van der Waals surface area contributed by atoms with Crippen LogP contribution in [-0.4, -0.2) is 40.2 Å². The third kappa shape index (κ3) is 5.16. The highest BCUT2D eigenvalue weighted by atomic mass is 35.5. The highest BCUT2D eigenvalue weighted by molar-refractivity contribution is 7.89. The molecule has 40 heavy (non-hydrogen) atoms. The minimum Gasteiger partial charge on any atom is -0.443 e. The first-order valence-electron chi connectivity index (χ1n) is 12.8. The number of hydrogen-bond acceptors (Lipinski definition) is 6. The summed E-state index contributed by atoms with van der Waals surface area (Å²) in [5.74, 6) is -0.867. The fraction of sp³-hybridized carbons (Fsp3) is 0.321. The highest BCUT2D eigenvalue weighted by Crippen LogP contribution is 2.31. The number of carbonyl (C=O) groups is 1. The molecule has 4 aromatic rings. The van der Waals surface area contributed by atoms with Crippen molar-refractivity contribution in [2.75, 3.05) is 6.54 Å². The fourth-order valence-corrected chi connectivity index (χ4v) is 6.80. The number of carbonyl (C=O) groups excluding carboxylic acids is 1. The predicted octanol–water partition coefficient (Wildman–Crippen LogP) is 4.47. The van der Waals surface area contributed by atoms with E-state index in [-0.39, 0.29) is 41.4 Å². The molecule has 9 nitrogen and oxygen atoms in total. The van der Waals surface area contributed by atoms with Gasteiger partial charge in [0.25, 0.3) is 15.6 Å². The van der Waals surface area contributed by atoms with Gasteiger partial charge in [0, 0.05) is 47.2 Å². The molecule has 3 heterocycles. The first-order chi connectivity index (χ1) is 19.0. The molecule has 2 aromatic heterocycles. The average Bonchev–Trinajstić information content (AvgIpc) is 3.57. The maximum Gasteiger partial charge on any atom is 0.335 e. The van der Waals surface area contributed by atoms with E-state index in [1.165, 1.54) is 35.0 Å². The van der Waals surface area contributed by atoms with Crippen molar-refractivity contribution < 1.29 is 22.0 Å². The number of aromatic nitrogens is 2. The van der Waals surface area contributed by atoms with E-state index in [0.717, 1.165) is 8.87 Å². The van der Waals surface area contributed by atoms with Crippen LogP contribution >= 0.6 is 11.6 Å². The summed E-state index contributed by atoms with van der Waals surface area (Å²) in [5, 5.41) is 0.436. The first-order valence-corrected chi connectivity index (χ1v) is 14.7. The Labute approximate surface area is 234 Å². The molecule has 1 aliphatic rings. The molecule has 210 valence electrons. The summed E-state index contributed by atoms with van der Waals surface area (Å²) >= 11 is 5.99. The van der Waals surface area contributed by atoms with Gasteiger partial charge in [-0.1, -0.05) is 11.6 Å². The van der Waals surface area contributed by atoms with Gasteiger partial charge in [-0.15, -0.1) is 0 Å². The van der Waals surface area contributed by atoms with Gasteiger partial charge in [0.2, 0.25) is 5.09 Å². The van der Waals surface area contributed by atoms with E-state index >= 15 is 0 Å². The van der Waals surface area contributed by atoms with Gasteiger partial charge in [-0.3, -0.25) is 18.7 Å². The molecule has 5 rings (SSSR count). The van der Waals surface area contributed by atoms with Crippen molar-refractivity contribution in [3.8, 4) is 5.69 Å². The number of rotatable bonds is 8. The number of Topliss-reactive ketones (excluding diaryl/α,β-unsaturated/α-hetero) is 1. The van der Waals surface area contributed by atoms with Crippen LogP contribution in [0.5, 0.6) is 0 Å². The fourth-order valence-electron chi connectivity index (χ4n) is 5.04. The number of halogens is 2. The molecule has 1 fully saturated rings. The van der Waals surface area contributed by atoms with Gasteiger partial charge in [-0.05, 0) is 75.6 Å². The van der Waals surface area contributed by atoms with Crippen molar-refractivity contribution in [2.45, 2.75) is 56.7 Å². The molecule has 2 aromatic carbocycles. The van der Waals surface area contributed by atoms with Crippen molar-refractivity contribution in [2.24, 2.45) is 0 Å². The number of nitrogens with zero attached hydrogens (tertiary/aromatic N) is 3. The second-order valence-electron chi connectivity index (χ2n) is 10.0. The van der Waals surface area contributed by atoms with Crippen LogP contribution in [0.3, 0.4) is 0 Å². The molecule has 1 aliphatic heterocycles. The first kappa shape index (κ1) is 28.0. The van der Waals surface area contributed by atoms with Gasteiger partial charge >= 0.3 is 5.69 Å². The Kier molecular flexibility index (Phi) is 7.56. The zero-order valence-corrected chi connectivity index (χ0v) is 23.4. The van der Waals surface area contributed by atoms with Crippen molar-refractivity contribution in [1.82, 2.24) is 13.4 Å². The van der Waals surface area contributed by atoms with E-state index < -0.39 is 39.2 Å². The van der Waals surface area contributed by atoms with Crippen LogP contribution in [0.2, 0.25) is 5.02 Å². The summed E-state index contributed by atoms with van der Waals surface area (Å²) in [6.07, 6.45) is 2.15. The SMILES string of the molecule is CC(C)n1c(=O)c(CCC(=O)[C@@H]2CCCN2S(=O)(=O)c2cc3cc(F)ccc3o2)cn(-c2ccc(Cl)cc2)c1=O. The van der Waals surface area contributed by atoms with E-state index in [2.05, 4.69) is 0 Å².